The van der Waals surface area contributed by atoms with Crippen LogP contribution in [0.15, 0.2) is 48.5 Å². The molecule has 0 aliphatic carbocycles. The number of esters is 1. The molecule has 0 unspecified atom stereocenters. The molecule has 0 aliphatic heterocycles. The van der Waals surface area contributed by atoms with Gasteiger partial charge < -0.3 is 10.1 Å². The summed E-state index contributed by atoms with van der Waals surface area (Å²) in [5.41, 5.74) is 4.06. The fourth-order valence-electron chi connectivity index (χ4n) is 3.02. The number of benzene rings is 2. The first-order valence-electron chi connectivity index (χ1n) is 8.63. The molecule has 0 amide bonds. The fourth-order valence-corrected chi connectivity index (χ4v) is 3.02. The summed E-state index contributed by atoms with van der Waals surface area (Å²) in [4.78, 5) is 22.4. The monoisotopic (exact) mass is 380 g/mol. The minimum atomic E-state index is -0.750. The Morgan fingerprint density at radius 3 is 2.57 bits per heavy atom. The highest BCUT2D eigenvalue weighted by molar-refractivity contribution is 5.95. The summed E-state index contributed by atoms with van der Waals surface area (Å²) in [5.74, 6) is -0.750. The number of methoxy groups -OCH3 is 1. The Morgan fingerprint density at radius 1 is 1.21 bits per heavy atom. The lowest BCUT2D eigenvalue weighted by molar-refractivity contribution is -0.385. The standard InChI is InChI=1S/C20H20N4O4/c1-13-18(14(2)23(22-13)16-7-5-4-6-8-16)12-21-15-9-10-19(24(26)27)17(11-15)20(25)28-3/h4-11,21H,12H2,1-3H3. The topological polar surface area (TPSA) is 99.3 Å². The number of para-hydroxylation sites is 1. The molecule has 1 N–H and O–H groups in total. The number of aryl methyl sites for hydroxylation is 1. The van der Waals surface area contributed by atoms with E-state index in [0.29, 0.717) is 12.2 Å². The largest absolute Gasteiger partial charge is 0.465 e. The van der Waals surface area contributed by atoms with Crippen LogP contribution in [0.2, 0.25) is 0 Å². The quantitative estimate of drug-likeness (QED) is 0.397. The summed E-state index contributed by atoms with van der Waals surface area (Å²) in [6.07, 6.45) is 0. The number of nitro benzene ring substituents is 1. The average Bonchev–Trinajstić information content (AvgIpc) is 2.99. The highest BCUT2D eigenvalue weighted by atomic mass is 16.6. The van der Waals surface area contributed by atoms with Gasteiger partial charge >= 0.3 is 5.97 Å². The van der Waals surface area contributed by atoms with Crippen molar-refractivity contribution in [2.75, 3.05) is 12.4 Å². The molecule has 0 saturated heterocycles. The van der Waals surface area contributed by atoms with Crippen LogP contribution in [0.1, 0.15) is 27.3 Å². The zero-order valence-corrected chi connectivity index (χ0v) is 15.8. The lowest BCUT2D eigenvalue weighted by Crippen LogP contribution is -2.08. The second-order valence-corrected chi connectivity index (χ2v) is 6.23. The molecule has 1 aromatic heterocycles. The van der Waals surface area contributed by atoms with Gasteiger partial charge in [-0.3, -0.25) is 10.1 Å². The fraction of sp³-hybridized carbons (Fsp3) is 0.200. The lowest BCUT2D eigenvalue weighted by atomic mass is 10.1. The first kappa shape index (κ1) is 19.1. The van der Waals surface area contributed by atoms with E-state index in [-0.39, 0.29) is 11.3 Å². The lowest BCUT2D eigenvalue weighted by Gasteiger charge is -2.09. The van der Waals surface area contributed by atoms with Gasteiger partial charge in [0, 0.05) is 29.6 Å². The molecular weight excluding hydrogens is 360 g/mol. The van der Waals surface area contributed by atoms with E-state index >= 15 is 0 Å². The second kappa shape index (κ2) is 7.91. The number of aromatic nitrogens is 2. The van der Waals surface area contributed by atoms with Gasteiger partial charge in [0.2, 0.25) is 0 Å². The van der Waals surface area contributed by atoms with Crippen molar-refractivity contribution in [1.29, 1.82) is 0 Å². The molecular formula is C20H20N4O4. The molecule has 0 spiro atoms. The van der Waals surface area contributed by atoms with Gasteiger partial charge in [-0.2, -0.15) is 5.10 Å². The summed E-state index contributed by atoms with van der Waals surface area (Å²) in [7, 11) is 1.19. The third-order valence-electron chi connectivity index (χ3n) is 4.51. The van der Waals surface area contributed by atoms with Crippen molar-refractivity contribution in [3.8, 4) is 5.69 Å². The number of carbonyl (C=O) groups is 1. The number of anilines is 1. The molecule has 2 aromatic carbocycles. The zero-order chi connectivity index (χ0) is 20.3. The predicted octanol–water partition coefficient (Wildman–Crippen LogP) is 3.80. The van der Waals surface area contributed by atoms with Gasteiger partial charge in [-0.05, 0) is 38.1 Å². The summed E-state index contributed by atoms with van der Waals surface area (Å²) >= 11 is 0. The highest BCUT2D eigenvalue weighted by Gasteiger charge is 2.21. The summed E-state index contributed by atoms with van der Waals surface area (Å²) in [6.45, 7) is 4.38. The molecule has 0 atom stereocenters. The maximum atomic E-state index is 11.9. The van der Waals surface area contributed by atoms with Gasteiger partial charge in [0.1, 0.15) is 5.56 Å². The van der Waals surface area contributed by atoms with Crippen LogP contribution in [0.25, 0.3) is 5.69 Å². The number of nitrogens with zero attached hydrogens (tertiary/aromatic N) is 3. The van der Waals surface area contributed by atoms with E-state index in [0.717, 1.165) is 22.6 Å². The van der Waals surface area contributed by atoms with Gasteiger partial charge in [-0.25, -0.2) is 9.48 Å². The second-order valence-electron chi connectivity index (χ2n) is 6.23. The number of nitrogens with one attached hydrogen (secondary N) is 1. The zero-order valence-electron chi connectivity index (χ0n) is 15.8. The van der Waals surface area contributed by atoms with Crippen molar-refractivity contribution in [1.82, 2.24) is 9.78 Å². The van der Waals surface area contributed by atoms with Gasteiger partial charge in [-0.15, -0.1) is 0 Å². The molecule has 8 heteroatoms. The van der Waals surface area contributed by atoms with Crippen LogP contribution in [-0.4, -0.2) is 27.8 Å². The van der Waals surface area contributed by atoms with Gasteiger partial charge in [0.05, 0.1) is 23.4 Å². The van der Waals surface area contributed by atoms with Crippen LogP contribution in [0.3, 0.4) is 0 Å². The van der Waals surface area contributed by atoms with Crippen LogP contribution in [0.5, 0.6) is 0 Å². The minimum Gasteiger partial charge on any atom is -0.465 e. The first-order valence-corrected chi connectivity index (χ1v) is 8.63. The van der Waals surface area contributed by atoms with Crippen molar-refractivity contribution < 1.29 is 14.5 Å². The van der Waals surface area contributed by atoms with E-state index < -0.39 is 10.9 Å². The maximum absolute atomic E-state index is 11.9. The van der Waals surface area contributed by atoms with Crippen LogP contribution >= 0.6 is 0 Å². The number of carbonyl (C=O) groups excluding carboxylic acids is 1. The smallest absolute Gasteiger partial charge is 0.344 e. The third kappa shape index (κ3) is 3.71. The van der Waals surface area contributed by atoms with Gasteiger partial charge in [0.25, 0.3) is 5.69 Å². The van der Waals surface area contributed by atoms with Crippen LogP contribution in [0.4, 0.5) is 11.4 Å². The SMILES string of the molecule is COC(=O)c1cc(NCc2c(C)nn(-c3ccccc3)c2C)ccc1[N+](=O)[O-]. The number of rotatable bonds is 6. The average molecular weight is 380 g/mol. The van der Waals surface area contributed by atoms with E-state index in [4.69, 9.17) is 0 Å². The first-order chi connectivity index (χ1) is 13.4. The molecule has 0 bridgehead atoms. The molecule has 0 saturated carbocycles. The van der Waals surface area contributed by atoms with Crippen molar-refractivity contribution >= 4 is 17.3 Å². The number of hydrogen-bond acceptors (Lipinski definition) is 6. The van der Waals surface area contributed by atoms with E-state index in [1.54, 1.807) is 6.07 Å². The van der Waals surface area contributed by atoms with Crippen molar-refractivity contribution in [3.05, 3.63) is 81.2 Å². The molecule has 28 heavy (non-hydrogen) atoms. The summed E-state index contributed by atoms with van der Waals surface area (Å²) < 4.78 is 6.53. The summed E-state index contributed by atoms with van der Waals surface area (Å²) in [5, 5.41) is 18.9. The molecule has 3 rings (SSSR count). The van der Waals surface area contributed by atoms with Crippen molar-refractivity contribution in [2.24, 2.45) is 0 Å². The maximum Gasteiger partial charge on any atom is 0.344 e. The molecule has 0 radical (unpaired) electrons. The minimum absolute atomic E-state index is 0.0917. The summed E-state index contributed by atoms with van der Waals surface area (Å²) in [6, 6.07) is 14.1. The van der Waals surface area contributed by atoms with Gasteiger partial charge in [-0.1, -0.05) is 18.2 Å². The number of hydrogen-bond donors (Lipinski definition) is 1. The Hall–Kier alpha value is -3.68. The molecule has 3 aromatic rings. The number of ether oxygens (including phenoxy) is 1. The Kier molecular flexibility index (Phi) is 5.39. The van der Waals surface area contributed by atoms with E-state index in [2.05, 4.69) is 15.2 Å². The predicted molar refractivity (Wildman–Crippen MR) is 105 cm³/mol. The van der Waals surface area contributed by atoms with E-state index in [1.807, 2.05) is 48.9 Å². The van der Waals surface area contributed by atoms with Crippen LogP contribution < -0.4 is 5.32 Å². The highest BCUT2D eigenvalue weighted by Crippen LogP contribution is 2.25. The van der Waals surface area contributed by atoms with Gasteiger partial charge in [0.15, 0.2) is 0 Å². The Labute approximate surface area is 161 Å². The molecule has 0 fully saturated rings. The molecule has 8 nitrogen and oxygen atoms in total. The Balaban J connectivity index is 1.86. The Bertz CT molecular complexity index is 1030. The molecule has 144 valence electrons. The van der Waals surface area contributed by atoms with E-state index in [9.17, 15) is 14.9 Å². The van der Waals surface area contributed by atoms with Crippen molar-refractivity contribution in [2.45, 2.75) is 20.4 Å². The third-order valence-corrected chi connectivity index (χ3v) is 4.51. The van der Waals surface area contributed by atoms with Crippen LogP contribution in [0, 0.1) is 24.0 Å². The number of nitro groups is 1. The molecule has 0 aliphatic rings. The van der Waals surface area contributed by atoms with E-state index in [1.165, 1.54) is 19.2 Å². The normalized spacial score (nSPS) is 10.5. The Morgan fingerprint density at radius 2 is 1.93 bits per heavy atom. The van der Waals surface area contributed by atoms with Crippen molar-refractivity contribution in [3.63, 3.8) is 0 Å². The molecule has 1 heterocycles. The van der Waals surface area contributed by atoms with Crippen LogP contribution in [-0.2, 0) is 11.3 Å².